The third-order valence-corrected chi connectivity index (χ3v) is 37.1. The van der Waals surface area contributed by atoms with Crippen molar-refractivity contribution in [2.24, 2.45) is 0 Å². The molecule has 73 heavy (non-hydrogen) atoms. The summed E-state index contributed by atoms with van der Waals surface area (Å²) < 4.78 is 43.0. The Balaban J connectivity index is 0.000000214. The summed E-state index contributed by atoms with van der Waals surface area (Å²) >= 11 is 3.50. The molecule has 19 heteroatoms. The van der Waals surface area contributed by atoms with E-state index in [-0.39, 0.29) is 93.8 Å². The smallest absolute Gasteiger partial charge is 0.335 e. The summed E-state index contributed by atoms with van der Waals surface area (Å²) in [5.74, 6) is -0.578. The van der Waals surface area contributed by atoms with E-state index in [1.54, 1.807) is 18.2 Å². The van der Waals surface area contributed by atoms with Crippen molar-refractivity contribution in [3.63, 3.8) is 0 Å². The monoisotopic (exact) mass is 1140 g/mol. The van der Waals surface area contributed by atoms with Crippen molar-refractivity contribution < 1.29 is 54.8 Å². The molecular weight excluding hydrogens is 1060 g/mol. The molecule has 2 amide bonds. The van der Waals surface area contributed by atoms with Crippen molar-refractivity contribution >= 4 is 73.6 Å². The summed E-state index contributed by atoms with van der Waals surface area (Å²) in [5, 5.41) is 2.83. The number of hydrogen-bond acceptors (Lipinski definition) is 12. The van der Waals surface area contributed by atoms with Crippen LogP contribution in [0.2, 0.25) is 44.3 Å². The third kappa shape index (κ3) is 10.1. The molecule has 2 aromatic rings. The summed E-state index contributed by atoms with van der Waals surface area (Å²) in [6.07, 6.45) is 2.38. The van der Waals surface area contributed by atoms with Gasteiger partial charge in [-0.15, -0.1) is 0 Å². The highest BCUT2D eigenvalue weighted by Crippen LogP contribution is 2.56. The van der Waals surface area contributed by atoms with Gasteiger partial charge in [-0.25, -0.2) is 10.1 Å². The Morgan fingerprint density at radius 1 is 0.521 bits per heavy atom. The Bertz CT molecular complexity index is 2370. The Kier molecular flexibility index (Phi) is 17.4. The summed E-state index contributed by atoms with van der Waals surface area (Å²) in [6.45, 7) is 34.7. The van der Waals surface area contributed by atoms with Crippen molar-refractivity contribution in [1.29, 1.82) is 0 Å². The molecule has 14 nitrogen and oxygen atoms in total. The number of nitrogens with zero attached hydrogens (tertiary/aromatic N) is 2. The molecule has 402 valence electrons. The second-order valence-electron chi connectivity index (χ2n) is 23.3. The maximum atomic E-state index is 13.7. The van der Waals surface area contributed by atoms with Gasteiger partial charge in [-0.05, 0) is 89.6 Å². The van der Waals surface area contributed by atoms with E-state index in [9.17, 15) is 19.2 Å². The Labute approximate surface area is 447 Å². The maximum absolute atomic E-state index is 13.7. The number of carbonyl (C=O) groups excluding carboxylic acids is 4. The Morgan fingerprint density at radius 2 is 0.863 bits per heavy atom. The van der Waals surface area contributed by atoms with Crippen LogP contribution in [-0.2, 0) is 68.0 Å². The van der Waals surface area contributed by atoms with Crippen LogP contribution in [0, 0.1) is 0 Å². The Morgan fingerprint density at radius 3 is 1.25 bits per heavy atom. The van der Waals surface area contributed by atoms with E-state index < -0.39 is 69.7 Å². The number of amides is 2. The van der Waals surface area contributed by atoms with Gasteiger partial charge < -0.3 is 25.9 Å². The van der Waals surface area contributed by atoms with E-state index in [4.69, 9.17) is 35.6 Å². The molecule has 0 radical (unpaired) electrons. The zero-order valence-corrected chi connectivity index (χ0v) is 51.5. The average Bonchev–Trinajstić information content (AvgIpc) is 3.63. The minimum atomic E-state index is -2.97. The third-order valence-electron chi connectivity index (χ3n) is 16.0. The second-order valence-corrected chi connectivity index (χ2v) is 41.7. The maximum Gasteiger partial charge on any atom is 0.335 e. The van der Waals surface area contributed by atoms with Crippen LogP contribution in [0.5, 0.6) is 0 Å². The van der Waals surface area contributed by atoms with Gasteiger partial charge in [0.25, 0.3) is 0 Å². The first kappa shape index (κ1) is 57.9. The topological polar surface area (TPSA) is 149 Å². The first-order valence-electron chi connectivity index (χ1n) is 26.5. The lowest BCUT2D eigenvalue weighted by atomic mass is 9.74. The number of rotatable bonds is 14. The molecule has 6 aliphatic rings. The molecule has 0 N–H and O–H groups in total. The van der Waals surface area contributed by atoms with Crippen molar-refractivity contribution in [3.8, 4) is 0 Å². The summed E-state index contributed by atoms with van der Waals surface area (Å²) in [7, 11) is -11.8. The minimum absolute atomic E-state index is 0.0983. The quantitative estimate of drug-likeness (QED) is 0.131. The van der Waals surface area contributed by atoms with E-state index in [0.717, 1.165) is 11.1 Å². The molecule has 0 saturated carbocycles. The van der Waals surface area contributed by atoms with Gasteiger partial charge in [0.05, 0.1) is 17.3 Å². The van der Waals surface area contributed by atoms with Crippen LogP contribution < -0.4 is 0 Å². The van der Waals surface area contributed by atoms with E-state index in [0.29, 0.717) is 4.48 Å². The minimum Gasteiger partial charge on any atom is -0.414 e. The average molecular weight is 1140 g/mol. The lowest BCUT2D eigenvalue weighted by Gasteiger charge is -2.56. The van der Waals surface area contributed by atoms with Crippen molar-refractivity contribution in [2.75, 3.05) is 0 Å². The van der Waals surface area contributed by atoms with Crippen LogP contribution in [-0.4, -0.2) is 103 Å². The van der Waals surface area contributed by atoms with Crippen LogP contribution in [0.15, 0.2) is 83.4 Å². The molecule has 0 aromatic heterocycles. The first-order chi connectivity index (χ1) is 34.2. The molecule has 6 atom stereocenters. The van der Waals surface area contributed by atoms with E-state index in [1.165, 1.54) is 10.1 Å². The van der Waals surface area contributed by atoms with Crippen LogP contribution in [0.25, 0.3) is 0 Å². The zero-order valence-electron chi connectivity index (χ0n) is 45.9. The number of carbonyl (C=O) groups is 4. The van der Waals surface area contributed by atoms with Gasteiger partial charge in [-0.2, -0.15) is 0 Å². The molecule has 2 spiro atoms. The fraction of sp³-hybridized carbons (Fsp3) is 0.630. The summed E-state index contributed by atoms with van der Waals surface area (Å²) in [5.41, 5.74) is 0.923. The molecular formula is C54H81BrN2O12Si4. The van der Waals surface area contributed by atoms with E-state index in [2.05, 4.69) is 127 Å². The van der Waals surface area contributed by atoms with Gasteiger partial charge >= 0.3 is 34.2 Å². The standard InChI is InChI=1S/C27H40BrNO6Si2.C27H41NO6Si2/c1-17(2)36(18(3)4)33-25-24(31)22(28)14-27(26(25)34-37(35-36,19(5)6)20(7)8)15-23(30)29(27)32-16-21-12-10-9-11-13-21;1-18(2)35(19(3)4)32-25-23(29)14-15-27(26(25)33-36(34-35,20(5)6)21(7)8)16-24(30)28(27)31-17-22-12-10-9-11-13-22/h9-14,17-20,25-26H,15-16H2,1-8H3;9-15,18-21,25-26H,16-17H2,1-8H3. The molecule has 2 aliphatic carbocycles. The van der Waals surface area contributed by atoms with Crippen molar-refractivity contribution in [1.82, 2.24) is 10.1 Å². The first-order valence-corrected chi connectivity index (χ1v) is 35.1. The number of hydroxylamine groups is 4. The number of halogens is 1. The highest BCUT2D eigenvalue weighted by molar-refractivity contribution is 9.12. The van der Waals surface area contributed by atoms with Crippen molar-refractivity contribution in [3.05, 3.63) is 94.5 Å². The van der Waals surface area contributed by atoms with Crippen LogP contribution in [0.1, 0.15) is 135 Å². The molecule has 0 bridgehead atoms. The number of β-lactam (4-membered cyclic amide) rings is 2. The van der Waals surface area contributed by atoms with Gasteiger partial charge in [0.1, 0.15) is 48.7 Å². The van der Waals surface area contributed by atoms with Gasteiger partial charge in [0, 0.05) is 0 Å². The number of hydrogen-bond donors (Lipinski definition) is 0. The lowest BCUT2D eigenvalue weighted by molar-refractivity contribution is -0.272. The molecule has 4 heterocycles. The summed E-state index contributed by atoms with van der Waals surface area (Å²) in [4.78, 5) is 65.3. The van der Waals surface area contributed by atoms with Gasteiger partial charge in [0.15, 0.2) is 11.6 Å². The van der Waals surface area contributed by atoms with Crippen LogP contribution in [0.4, 0.5) is 0 Å². The second kappa shape index (κ2) is 21.9. The Hall–Kier alpha value is -2.77. The van der Waals surface area contributed by atoms with Gasteiger partial charge in [-0.1, -0.05) is 171 Å². The van der Waals surface area contributed by atoms with E-state index >= 15 is 0 Å². The normalized spacial score (nSPS) is 29.2. The van der Waals surface area contributed by atoms with E-state index in [1.807, 2.05) is 60.7 Å². The number of ketones is 2. The molecule has 2 aromatic carbocycles. The molecule has 6 unspecified atom stereocenters. The fourth-order valence-corrected chi connectivity index (χ4v) is 35.1. The highest BCUT2D eigenvalue weighted by atomic mass is 79.9. The SMILES string of the molecule is CC(C)[Si]1(C(C)C)OC2C(=O)C(Br)=CC3(CC(=O)N3OCc3ccccc3)C2O[Si](C(C)C)(C(C)C)O1.CC(C)[Si]1(C(C)C)OC2C(=O)C=CC3(CC(=O)N3OCc3ccccc3)C2O[Si](C(C)C)(C(C)C)O1. The van der Waals surface area contributed by atoms with Gasteiger partial charge in [0.2, 0.25) is 11.8 Å². The molecule has 4 fully saturated rings. The van der Waals surface area contributed by atoms with Crippen LogP contribution >= 0.6 is 15.9 Å². The largest absolute Gasteiger partial charge is 0.414 e. The predicted octanol–water partition coefficient (Wildman–Crippen LogP) is 11.8. The predicted molar refractivity (Wildman–Crippen MR) is 292 cm³/mol. The van der Waals surface area contributed by atoms with Gasteiger partial charge in [-0.3, -0.25) is 28.9 Å². The fourth-order valence-electron chi connectivity index (χ4n) is 11.9. The van der Waals surface area contributed by atoms with Crippen molar-refractivity contribution in [2.45, 2.75) is 217 Å². The number of Topliss-reactive ketones (excluding diaryl/α,β-unsaturated/α-hetero) is 1. The molecule has 4 saturated heterocycles. The zero-order chi connectivity index (χ0) is 53.8. The highest BCUT2D eigenvalue weighted by Gasteiger charge is 2.71. The number of fused-ring (bicyclic) bond motifs is 4. The number of benzene rings is 2. The summed E-state index contributed by atoms with van der Waals surface area (Å²) in [6, 6.07) is 19.5. The molecule has 4 aliphatic heterocycles. The van der Waals surface area contributed by atoms with Crippen LogP contribution in [0.3, 0.4) is 0 Å². The molecule has 8 rings (SSSR count). The lowest BCUT2D eigenvalue weighted by Crippen LogP contribution is -2.74.